The molecule has 196 valence electrons. The Hall–Kier alpha value is -2.88. The van der Waals surface area contributed by atoms with Crippen LogP contribution in [0.15, 0.2) is 53.7 Å². The molecule has 8 nitrogen and oxygen atoms in total. The van der Waals surface area contributed by atoms with E-state index in [0.29, 0.717) is 44.2 Å². The average Bonchev–Trinajstić information content (AvgIpc) is 3.55. The lowest BCUT2D eigenvalue weighted by Crippen LogP contribution is -2.57. The first kappa shape index (κ1) is 27.7. The van der Waals surface area contributed by atoms with Gasteiger partial charge in [0, 0.05) is 74.7 Å². The molecule has 3 atom stereocenters. The van der Waals surface area contributed by atoms with Crippen molar-refractivity contribution in [2.45, 2.75) is 31.8 Å². The van der Waals surface area contributed by atoms with E-state index in [2.05, 4.69) is 39.3 Å². The second-order valence-corrected chi connectivity index (χ2v) is 9.76. The molecule has 1 saturated carbocycles. The minimum atomic E-state index is -0.712. The number of piperazine rings is 1. The van der Waals surface area contributed by atoms with Crippen LogP contribution in [0.4, 0.5) is 4.39 Å². The Bertz CT molecular complexity index is 971. The van der Waals surface area contributed by atoms with E-state index < -0.39 is 17.8 Å². The van der Waals surface area contributed by atoms with Crippen molar-refractivity contribution in [3.05, 3.63) is 60.1 Å². The van der Waals surface area contributed by atoms with Crippen LogP contribution in [0.25, 0.3) is 0 Å². The van der Waals surface area contributed by atoms with Crippen molar-refractivity contribution >= 4 is 18.0 Å². The van der Waals surface area contributed by atoms with Crippen LogP contribution in [0.1, 0.15) is 30.6 Å². The molecular weight excluding hydrogens is 459 g/mol. The van der Waals surface area contributed by atoms with Crippen LogP contribution < -0.4 is 16.0 Å². The molecule has 9 heteroatoms. The fourth-order valence-corrected chi connectivity index (χ4v) is 4.33. The number of allylic oxidation sites excluding steroid dienone is 2. The summed E-state index contributed by atoms with van der Waals surface area (Å²) in [6.45, 7) is 12.7. The van der Waals surface area contributed by atoms with E-state index in [1.54, 1.807) is 11.1 Å². The molecule has 36 heavy (non-hydrogen) atoms. The molecule has 2 aliphatic rings. The summed E-state index contributed by atoms with van der Waals surface area (Å²) in [5.41, 5.74) is 1.16. The summed E-state index contributed by atoms with van der Waals surface area (Å²) in [7, 11) is 2.03. The van der Waals surface area contributed by atoms with Gasteiger partial charge in [0.15, 0.2) is 0 Å². The highest BCUT2D eigenvalue weighted by Gasteiger charge is 2.51. The summed E-state index contributed by atoms with van der Waals surface area (Å²) < 4.78 is 13.3. The van der Waals surface area contributed by atoms with E-state index >= 15 is 0 Å². The molecule has 1 aromatic rings. The van der Waals surface area contributed by atoms with Gasteiger partial charge in [-0.1, -0.05) is 12.7 Å². The molecule has 2 amide bonds. The predicted octanol–water partition coefficient (Wildman–Crippen LogP) is 1.82. The van der Waals surface area contributed by atoms with E-state index in [1.165, 1.54) is 24.3 Å². The topological polar surface area (TPSA) is 89.1 Å². The van der Waals surface area contributed by atoms with Gasteiger partial charge in [0.05, 0.1) is 0 Å². The lowest BCUT2D eigenvalue weighted by molar-refractivity contribution is -0.134. The Labute approximate surface area is 213 Å². The molecule has 0 spiro atoms. The van der Waals surface area contributed by atoms with Crippen molar-refractivity contribution in [3.63, 3.8) is 0 Å². The molecule has 1 heterocycles. The van der Waals surface area contributed by atoms with Gasteiger partial charge in [-0.25, -0.2) is 4.39 Å². The van der Waals surface area contributed by atoms with Crippen molar-refractivity contribution in [1.82, 2.24) is 25.8 Å². The number of hydrogen-bond donors (Lipinski definition) is 3. The lowest BCUT2D eigenvalue weighted by atomic mass is 10.1. The first-order chi connectivity index (χ1) is 17.2. The van der Waals surface area contributed by atoms with Crippen molar-refractivity contribution in [2.24, 2.45) is 10.9 Å². The van der Waals surface area contributed by atoms with E-state index in [9.17, 15) is 14.0 Å². The number of aliphatic imine (C=N–C) groups is 1. The third kappa shape index (κ3) is 7.81. The van der Waals surface area contributed by atoms with Gasteiger partial charge in [-0.05, 0) is 57.7 Å². The van der Waals surface area contributed by atoms with Gasteiger partial charge in [-0.3, -0.25) is 14.6 Å². The number of rotatable bonds is 12. The van der Waals surface area contributed by atoms with Crippen LogP contribution in [0.3, 0.4) is 0 Å². The zero-order chi connectivity index (χ0) is 26.1. The third-order valence-electron chi connectivity index (χ3n) is 6.86. The lowest BCUT2D eigenvalue weighted by Gasteiger charge is -2.35. The van der Waals surface area contributed by atoms with Crippen molar-refractivity contribution in [3.8, 4) is 0 Å². The van der Waals surface area contributed by atoms with Gasteiger partial charge < -0.3 is 25.8 Å². The summed E-state index contributed by atoms with van der Waals surface area (Å²) in [6, 6.07) is 4.60. The molecule has 0 aromatic heterocycles. The van der Waals surface area contributed by atoms with Crippen molar-refractivity contribution in [1.29, 1.82) is 0 Å². The molecule has 0 radical (unpaired) electrons. The number of hydrogen-bond acceptors (Lipinski definition) is 6. The van der Waals surface area contributed by atoms with E-state index in [0.717, 1.165) is 25.2 Å². The Morgan fingerprint density at radius 3 is 2.58 bits per heavy atom. The number of carbonyl (C=O) groups is 2. The maximum absolute atomic E-state index is 13.3. The van der Waals surface area contributed by atoms with Crippen LogP contribution in [-0.4, -0.2) is 92.3 Å². The molecule has 2 fully saturated rings. The molecule has 1 aromatic carbocycles. The van der Waals surface area contributed by atoms with E-state index in [4.69, 9.17) is 0 Å². The third-order valence-corrected chi connectivity index (χ3v) is 6.86. The zero-order valence-corrected chi connectivity index (χ0v) is 21.6. The highest BCUT2D eigenvalue weighted by atomic mass is 19.1. The Morgan fingerprint density at radius 1 is 1.22 bits per heavy atom. The smallest absolute Gasteiger partial charge is 0.251 e. The Morgan fingerprint density at radius 2 is 1.92 bits per heavy atom. The number of nitrogens with zero attached hydrogens (tertiary/aromatic N) is 3. The van der Waals surface area contributed by atoms with Gasteiger partial charge in [0.1, 0.15) is 11.9 Å². The number of halogens is 1. The molecule has 1 aliphatic carbocycles. The molecule has 3 rings (SSSR count). The molecule has 3 N–H and O–H groups in total. The first-order valence-corrected chi connectivity index (χ1v) is 12.6. The molecule has 0 bridgehead atoms. The number of likely N-dealkylation sites (N-methyl/N-ethyl adjacent to an activating group) is 1. The molecule has 1 unspecified atom stereocenters. The van der Waals surface area contributed by atoms with Crippen molar-refractivity contribution < 1.29 is 14.0 Å². The van der Waals surface area contributed by atoms with Gasteiger partial charge >= 0.3 is 0 Å². The average molecular weight is 499 g/mol. The van der Waals surface area contributed by atoms with Gasteiger partial charge in [-0.2, -0.15) is 0 Å². The number of carbonyl (C=O) groups excluding carboxylic acids is 2. The van der Waals surface area contributed by atoms with E-state index in [1.807, 2.05) is 26.1 Å². The van der Waals surface area contributed by atoms with Gasteiger partial charge in [0.25, 0.3) is 5.91 Å². The number of amides is 2. The monoisotopic (exact) mass is 498 g/mol. The minimum absolute atomic E-state index is 0.0299. The normalized spacial score (nSPS) is 23.2. The van der Waals surface area contributed by atoms with Crippen LogP contribution in [0, 0.1) is 11.7 Å². The standard InChI is InChI=1S/C27H39FN6O2/c1-5-6-11-30-20(2)23-18-27(23,3)31-13-12-29-19-24(26(36)34-16-14-33(4)15-17-34)32-25(35)21-7-9-22(28)10-8-21/h5-11,23-24,29,31H,2,12-19H2,1,3-4H3,(H,32,35)/b6-5-,30-11?/t23-,24-,27?/m0/s1. The first-order valence-electron chi connectivity index (χ1n) is 12.6. The predicted molar refractivity (Wildman–Crippen MR) is 142 cm³/mol. The number of nitrogens with one attached hydrogen (secondary N) is 3. The van der Waals surface area contributed by atoms with Crippen LogP contribution in [-0.2, 0) is 4.79 Å². The summed E-state index contributed by atoms with van der Waals surface area (Å²) in [5.74, 6) is -0.609. The SMILES string of the molecule is C=C(N=C/C=C\C)[C@@H]1CC1(C)NCCNC[C@H](NC(=O)c1ccc(F)cc1)C(=O)N1CCN(C)CC1. The summed E-state index contributed by atoms with van der Waals surface area (Å²) in [4.78, 5) is 34.4. The molecule has 1 aliphatic heterocycles. The fourth-order valence-electron chi connectivity index (χ4n) is 4.33. The summed E-state index contributed by atoms with van der Waals surface area (Å²) in [5, 5.41) is 9.71. The fraction of sp³-hybridized carbons (Fsp3) is 0.519. The maximum atomic E-state index is 13.3. The maximum Gasteiger partial charge on any atom is 0.251 e. The summed E-state index contributed by atoms with van der Waals surface area (Å²) in [6.07, 6.45) is 6.56. The van der Waals surface area contributed by atoms with Crippen LogP contribution in [0.2, 0.25) is 0 Å². The van der Waals surface area contributed by atoms with Crippen LogP contribution in [0.5, 0.6) is 0 Å². The van der Waals surface area contributed by atoms with Gasteiger partial charge in [-0.15, -0.1) is 0 Å². The molecular formula is C27H39FN6O2. The Balaban J connectivity index is 1.50. The highest BCUT2D eigenvalue weighted by Crippen LogP contribution is 2.47. The molecule has 1 saturated heterocycles. The second-order valence-electron chi connectivity index (χ2n) is 9.76. The zero-order valence-electron chi connectivity index (χ0n) is 21.6. The van der Waals surface area contributed by atoms with Gasteiger partial charge in [0.2, 0.25) is 5.91 Å². The largest absolute Gasteiger partial charge is 0.339 e. The summed E-state index contributed by atoms with van der Waals surface area (Å²) >= 11 is 0. The second kappa shape index (κ2) is 12.9. The quantitative estimate of drug-likeness (QED) is 0.302. The van der Waals surface area contributed by atoms with Crippen molar-refractivity contribution in [2.75, 3.05) is 52.9 Å². The minimum Gasteiger partial charge on any atom is -0.339 e. The van der Waals surface area contributed by atoms with E-state index in [-0.39, 0.29) is 11.4 Å². The van der Waals surface area contributed by atoms with Crippen LogP contribution >= 0.6 is 0 Å². The Kier molecular flexibility index (Phi) is 9.92. The number of benzene rings is 1. The highest BCUT2D eigenvalue weighted by molar-refractivity contribution is 5.97.